The van der Waals surface area contributed by atoms with Gasteiger partial charge in [-0.3, -0.25) is 0 Å². The summed E-state index contributed by atoms with van der Waals surface area (Å²) in [6, 6.07) is 6.12. The number of rotatable bonds is 6. The molecular formula is C14H23ClN2. The van der Waals surface area contributed by atoms with Crippen molar-refractivity contribution < 1.29 is 0 Å². The third kappa shape index (κ3) is 4.21. The summed E-state index contributed by atoms with van der Waals surface area (Å²) in [5.41, 5.74) is 2.42. The lowest BCUT2D eigenvalue weighted by atomic mass is 10.1. The third-order valence-electron chi connectivity index (χ3n) is 2.70. The van der Waals surface area contributed by atoms with Crippen LogP contribution in [-0.4, -0.2) is 20.1 Å². The normalized spacial score (nSPS) is 10.9. The molecule has 0 unspecified atom stereocenters. The van der Waals surface area contributed by atoms with Gasteiger partial charge in [0.25, 0.3) is 0 Å². The number of halogens is 1. The molecule has 96 valence electrons. The molecule has 0 fully saturated rings. The Kier molecular flexibility index (Phi) is 5.79. The zero-order chi connectivity index (χ0) is 12.8. The van der Waals surface area contributed by atoms with Gasteiger partial charge in [0.2, 0.25) is 0 Å². The largest absolute Gasteiger partial charge is 0.374 e. The molecule has 0 radical (unpaired) electrons. The second kappa shape index (κ2) is 6.87. The molecule has 0 amide bonds. The minimum Gasteiger partial charge on any atom is -0.374 e. The predicted octanol–water partition coefficient (Wildman–Crippen LogP) is 3.54. The number of benzene rings is 1. The second-order valence-electron chi connectivity index (χ2n) is 4.79. The summed E-state index contributed by atoms with van der Waals surface area (Å²) in [5.74, 6) is 0.644. The van der Waals surface area contributed by atoms with Crippen LogP contribution in [0.4, 0.5) is 5.69 Å². The molecule has 0 spiro atoms. The monoisotopic (exact) mass is 254 g/mol. The molecule has 0 aliphatic rings. The van der Waals surface area contributed by atoms with Crippen LogP contribution in [0, 0.1) is 5.92 Å². The number of anilines is 1. The van der Waals surface area contributed by atoms with E-state index in [1.807, 2.05) is 12.1 Å². The van der Waals surface area contributed by atoms with Crippen LogP contribution >= 0.6 is 11.6 Å². The molecule has 1 rings (SSSR count). The van der Waals surface area contributed by atoms with Crippen LogP contribution in [0.5, 0.6) is 0 Å². The van der Waals surface area contributed by atoms with Crippen LogP contribution in [0.25, 0.3) is 0 Å². The Morgan fingerprint density at radius 2 is 2.06 bits per heavy atom. The molecule has 0 aromatic heterocycles. The summed E-state index contributed by atoms with van der Waals surface area (Å²) in [6.07, 6.45) is 0. The molecule has 1 aromatic carbocycles. The predicted molar refractivity (Wildman–Crippen MR) is 76.9 cm³/mol. The Morgan fingerprint density at radius 3 is 2.65 bits per heavy atom. The standard InChI is InChI=1S/C14H23ClN2/c1-5-16-9-12-13(15)7-6-8-14(12)17(4)10-11(2)3/h6-8,11,16H,5,9-10H2,1-4H3. The first kappa shape index (κ1) is 14.3. The fraction of sp³-hybridized carbons (Fsp3) is 0.571. The Bertz CT molecular complexity index is 350. The average Bonchev–Trinajstić information content (AvgIpc) is 2.26. The van der Waals surface area contributed by atoms with E-state index in [-0.39, 0.29) is 0 Å². The van der Waals surface area contributed by atoms with Crippen LogP contribution in [0.3, 0.4) is 0 Å². The lowest BCUT2D eigenvalue weighted by Gasteiger charge is -2.25. The van der Waals surface area contributed by atoms with Crippen LogP contribution in [0.2, 0.25) is 5.02 Å². The molecule has 3 heteroatoms. The quantitative estimate of drug-likeness (QED) is 0.835. The number of nitrogens with zero attached hydrogens (tertiary/aromatic N) is 1. The second-order valence-corrected chi connectivity index (χ2v) is 5.20. The highest BCUT2D eigenvalue weighted by Crippen LogP contribution is 2.27. The van der Waals surface area contributed by atoms with Crippen LogP contribution in [0.15, 0.2) is 18.2 Å². The van der Waals surface area contributed by atoms with Crippen molar-refractivity contribution in [2.24, 2.45) is 5.92 Å². The summed E-state index contributed by atoms with van der Waals surface area (Å²) in [6.45, 7) is 9.39. The lowest BCUT2D eigenvalue weighted by Crippen LogP contribution is -2.25. The van der Waals surface area contributed by atoms with Gasteiger partial charge in [0, 0.05) is 36.4 Å². The topological polar surface area (TPSA) is 15.3 Å². The average molecular weight is 255 g/mol. The fourth-order valence-corrected chi connectivity index (χ4v) is 2.21. The SMILES string of the molecule is CCNCc1c(Cl)cccc1N(C)CC(C)C. The van der Waals surface area contributed by atoms with E-state index in [2.05, 4.69) is 44.1 Å². The van der Waals surface area contributed by atoms with Crippen molar-refractivity contribution in [3.63, 3.8) is 0 Å². The summed E-state index contributed by atoms with van der Waals surface area (Å²) >= 11 is 6.28. The van der Waals surface area contributed by atoms with Crippen LogP contribution < -0.4 is 10.2 Å². The summed E-state index contributed by atoms with van der Waals surface area (Å²) in [7, 11) is 2.13. The fourth-order valence-electron chi connectivity index (χ4n) is 1.98. The van der Waals surface area contributed by atoms with E-state index >= 15 is 0 Å². The van der Waals surface area contributed by atoms with Crippen molar-refractivity contribution in [2.45, 2.75) is 27.3 Å². The number of hydrogen-bond acceptors (Lipinski definition) is 2. The third-order valence-corrected chi connectivity index (χ3v) is 3.05. The maximum atomic E-state index is 6.28. The zero-order valence-electron chi connectivity index (χ0n) is 11.3. The van der Waals surface area contributed by atoms with Crippen molar-refractivity contribution >= 4 is 17.3 Å². The van der Waals surface area contributed by atoms with Crippen LogP contribution in [0.1, 0.15) is 26.3 Å². The van der Waals surface area contributed by atoms with E-state index < -0.39 is 0 Å². The van der Waals surface area contributed by atoms with E-state index in [0.717, 1.165) is 24.7 Å². The van der Waals surface area contributed by atoms with Gasteiger partial charge < -0.3 is 10.2 Å². The van der Waals surface area contributed by atoms with E-state index in [1.54, 1.807) is 0 Å². The minimum atomic E-state index is 0.644. The lowest BCUT2D eigenvalue weighted by molar-refractivity contribution is 0.634. The van der Waals surface area contributed by atoms with Gasteiger partial charge in [-0.1, -0.05) is 38.4 Å². The molecule has 0 saturated carbocycles. The molecule has 0 atom stereocenters. The zero-order valence-corrected chi connectivity index (χ0v) is 12.0. The number of hydrogen-bond donors (Lipinski definition) is 1. The Labute approximate surface area is 110 Å². The van der Waals surface area contributed by atoms with E-state index in [9.17, 15) is 0 Å². The van der Waals surface area contributed by atoms with Gasteiger partial charge in [0.05, 0.1) is 0 Å². The smallest absolute Gasteiger partial charge is 0.0471 e. The first-order valence-corrected chi connectivity index (χ1v) is 6.63. The molecular weight excluding hydrogens is 232 g/mol. The Hall–Kier alpha value is -0.730. The van der Waals surface area contributed by atoms with Gasteiger partial charge in [-0.05, 0) is 24.6 Å². The number of nitrogens with one attached hydrogen (secondary N) is 1. The molecule has 0 saturated heterocycles. The highest BCUT2D eigenvalue weighted by atomic mass is 35.5. The maximum absolute atomic E-state index is 6.28. The minimum absolute atomic E-state index is 0.644. The molecule has 17 heavy (non-hydrogen) atoms. The molecule has 0 aliphatic heterocycles. The van der Waals surface area contributed by atoms with E-state index in [0.29, 0.717) is 5.92 Å². The Morgan fingerprint density at radius 1 is 1.35 bits per heavy atom. The summed E-state index contributed by atoms with van der Waals surface area (Å²) in [5, 5.41) is 4.19. The molecule has 2 nitrogen and oxygen atoms in total. The van der Waals surface area contributed by atoms with E-state index in [1.165, 1.54) is 11.3 Å². The van der Waals surface area contributed by atoms with Crippen molar-refractivity contribution in [2.75, 3.05) is 25.0 Å². The van der Waals surface area contributed by atoms with Gasteiger partial charge in [-0.25, -0.2) is 0 Å². The molecule has 0 heterocycles. The first-order valence-electron chi connectivity index (χ1n) is 6.25. The molecule has 1 N–H and O–H groups in total. The highest BCUT2D eigenvalue weighted by Gasteiger charge is 2.11. The molecule has 1 aromatic rings. The van der Waals surface area contributed by atoms with Crippen molar-refractivity contribution in [1.29, 1.82) is 0 Å². The van der Waals surface area contributed by atoms with Gasteiger partial charge >= 0.3 is 0 Å². The van der Waals surface area contributed by atoms with Gasteiger partial charge in [0.1, 0.15) is 0 Å². The van der Waals surface area contributed by atoms with Crippen molar-refractivity contribution in [3.05, 3.63) is 28.8 Å². The Balaban J connectivity index is 2.92. The maximum Gasteiger partial charge on any atom is 0.0471 e. The van der Waals surface area contributed by atoms with Gasteiger partial charge in [-0.2, -0.15) is 0 Å². The summed E-state index contributed by atoms with van der Waals surface area (Å²) in [4.78, 5) is 2.28. The van der Waals surface area contributed by atoms with Crippen molar-refractivity contribution in [3.8, 4) is 0 Å². The van der Waals surface area contributed by atoms with Crippen LogP contribution in [-0.2, 0) is 6.54 Å². The molecule has 0 bridgehead atoms. The highest BCUT2D eigenvalue weighted by molar-refractivity contribution is 6.31. The van der Waals surface area contributed by atoms with E-state index in [4.69, 9.17) is 11.6 Å². The summed E-state index contributed by atoms with van der Waals surface area (Å²) < 4.78 is 0. The molecule has 0 aliphatic carbocycles. The first-order chi connectivity index (χ1) is 8.06. The van der Waals surface area contributed by atoms with Gasteiger partial charge in [0.15, 0.2) is 0 Å². The van der Waals surface area contributed by atoms with Gasteiger partial charge in [-0.15, -0.1) is 0 Å². The van der Waals surface area contributed by atoms with Crippen molar-refractivity contribution in [1.82, 2.24) is 5.32 Å².